The Bertz CT molecular complexity index is 1370. The molecule has 3 N–H and O–H groups in total. The molecule has 10 heteroatoms. The van der Waals surface area contributed by atoms with Gasteiger partial charge in [0.2, 0.25) is 10.0 Å². The van der Waals surface area contributed by atoms with Crippen LogP contribution >= 0.6 is 0 Å². The summed E-state index contributed by atoms with van der Waals surface area (Å²) in [4.78, 5) is 23.4. The molecule has 4 rings (SSSR count). The van der Waals surface area contributed by atoms with Crippen molar-refractivity contribution >= 4 is 32.1 Å². The first-order valence-electron chi connectivity index (χ1n) is 7.90. The van der Waals surface area contributed by atoms with Crippen LogP contribution in [0.3, 0.4) is 0 Å². The number of hydrogen-bond acceptors (Lipinski definition) is 5. The number of fused-ring (bicyclic) bond motifs is 3. The first-order chi connectivity index (χ1) is 12.7. The summed E-state index contributed by atoms with van der Waals surface area (Å²) in [6.45, 7) is 1.74. The third kappa shape index (κ3) is 2.98. The van der Waals surface area contributed by atoms with Crippen molar-refractivity contribution in [1.82, 2.24) is 19.5 Å². The Morgan fingerprint density at radius 2 is 2.04 bits per heavy atom. The summed E-state index contributed by atoms with van der Waals surface area (Å²) in [6.07, 6.45) is 1.50. The van der Waals surface area contributed by atoms with E-state index in [1.54, 1.807) is 12.1 Å². The van der Waals surface area contributed by atoms with Gasteiger partial charge in [0.15, 0.2) is 5.65 Å². The molecular formula is C17H14FN5O3S. The Labute approximate surface area is 152 Å². The van der Waals surface area contributed by atoms with Gasteiger partial charge in [-0.1, -0.05) is 6.07 Å². The summed E-state index contributed by atoms with van der Waals surface area (Å²) >= 11 is 0. The van der Waals surface area contributed by atoms with Crippen LogP contribution in [0.25, 0.3) is 22.1 Å². The topological polar surface area (TPSA) is 124 Å². The number of nitrogens with zero attached hydrogens (tertiary/aromatic N) is 3. The van der Waals surface area contributed by atoms with Crippen LogP contribution in [0.5, 0.6) is 0 Å². The highest BCUT2D eigenvalue weighted by molar-refractivity contribution is 7.89. The molecule has 0 bridgehead atoms. The van der Waals surface area contributed by atoms with Gasteiger partial charge in [-0.25, -0.2) is 32.7 Å². The molecule has 1 aromatic carbocycles. The Kier molecular flexibility index (Phi) is 3.82. The number of sulfonamides is 1. The molecule has 27 heavy (non-hydrogen) atoms. The lowest BCUT2D eigenvalue weighted by molar-refractivity contribution is 0.583. The molecule has 0 spiro atoms. The van der Waals surface area contributed by atoms with Crippen LogP contribution in [0.2, 0.25) is 0 Å². The predicted molar refractivity (Wildman–Crippen MR) is 97.3 cm³/mol. The number of primary sulfonamides is 1. The standard InChI is InChI=1S/C17H14FN5O3S/c1-9-2-5-12-15-14(7-20-16(12)21-9)22-17(24)23(15)8-10-3-4-11(6-13(10)18)27(19,25)26/h2-7H,8H2,1H3,(H,22,24)(H2,19,25,26). The number of nitrogens with two attached hydrogens (primary N) is 1. The molecule has 0 fully saturated rings. The van der Waals surface area contributed by atoms with Crippen LogP contribution in [-0.2, 0) is 16.6 Å². The van der Waals surface area contributed by atoms with Crippen LogP contribution in [0, 0.1) is 12.7 Å². The quantitative estimate of drug-likeness (QED) is 0.550. The van der Waals surface area contributed by atoms with E-state index in [0.29, 0.717) is 22.1 Å². The van der Waals surface area contributed by atoms with Crippen molar-refractivity contribution in [2.75, 3.05) is 0 Å². The van der Waals surface area contributed by atoms with Crippen molar-refractivity contribution in [3.63, 3.8) is 0 Å². The zero-order valence-corrected chi connectivity index (χ0v) is 14.9. The van der Waals surface area contributed by atoms with Crippen molar-refractivity contribution in [1.29, 1.82) is 0 Å². The van der Waals surface area contributed by atoms with E-state index in [-0.39, 0.29) is 17.0 Å². The summed E-state index contributed by atoms with van der Waals surface area (Å²) in [6, 6.07) is 6.95. The largest absolute Gasteiger partial charge is 0.326 e. The van der Waals surface area contributed by atoms with Gasteiger partial charge >= 0.3 is 5.69 Å². The van der Waals surface area contributed by atoms with E-state index in [2.05, 4.69) is 15.0 Å². The molecule has 138 valence electrons. The molecule has 0 aliphatic rings. The van der Waals surface area contributed by atoms with Gasteiger partial charge in [-0.15, -0.1) is 0 Å². The summed E-state index contributed by atoms with van der Waals surface area (Å²) < 4.78 is 38.5. The maximum Gasteiger partial charge on any atom is 0.326 e. The van der Waals surface area contributed by atoms with E-state index in [0.717, 1.165) is 11.8 Å². The lowest BCUT2D eigenvalue weighted by atomic mass is 10.2. The molecule has 0 unspecified atom stereocenters. The average molecular weight is 387 g/mol. The number of aryl methyl sites for hydroxylation is 1. The fourth-order valence-corrected chi connectivity index (χ4v) is 3.50. The maximum absolute atomic E-state index is 14.4. The summed E-state index contributed by atoms with van der Waals surface area (Å²) in [7, 11) is -4.01. The van der Waals surface area contributed by atoms with Crippen molar-refractivity contribution in [3.05, 3.63) is 64.1 Å². The second-order valence-electron chi connectivity index (χ2n) is 6.16. The third-order valence-electron chi connectivity index (χ3n) is 4.28. The van der Waals surface area contributed by atoms with Crippen molar-refractivity contribution in [2.45, 2.75) is 18.4 Å². The molecule has 3 heterocycles. The highest BCUT2D eigenvalue weighted by atomic mass is 32.2. The number of aromatic amines is 1. The lowest BCUT2D eigenvalue weighted by Crippen LogP contribution is -2.18. The van der Waals surface area contributed by atoms with E-state index in [1.165, 1.54) is 22.9 Å². The highest BCUT2D eigenvalue weighted by Gasteiger charge is 2.16. The fraction of sp³-hybridized carbons (Fsp3) is 0.118. The van der Waals surface area contributed by atoms with Gasteiger partial charge in [0.25, 0.3) is 0 Å². The first-order valence-corrected chi connectivity index (χ1v) is 9.45. The molecule has 0 aliphatic carbocycles. The molecule has 0 radical (unpaired) electrons. The Balaban J connectivity index is 1.90. The van der Waals surface area contributed by atoms with E-state index >= 15 is 0 Å². The number of nitrogens with one attached hydrogen (secondary N) is 1. The average Bonchev–Trinajstić information content (AvgIpc) is 2.91. The van der Waals surface area contributed by atoms with Crippen LogP contribution in [0.1, 0.15) is 11.3 Å². The van der Waals surface area contributed by atoms with Gasteiger partial charge in [0.05, 0.1) is 28.7 Å². The van der Waals surface area contributed by atoms with Crippen molar-refractivity contribution in [3.8, 4) is 0 Å². The molecule has 4 aromatic rings. The van der Waals surface area contributed by atoms with Crippen LogP contribution in [0.15, 0.2) is 46.2 Å². The van der Waals surface area contributed by atoms with Gasteiger partial charge in [0.1, 0.15) is 5.82 Å². The zero-order chi connectivity index (χ0) is 19.3. The number of H-pyrrole nitrogens is 1. The van der Waals surface area contributed by atoms with E-state index < -0.39 is 21.5 Å². The Morgan fingerprint density at radius 3 is 2.74 bits per heavy atom. The third-order valence-corrected chi connectivity index (χ3v) is 5.19. The number of pyridine rings is 2. The second kappa shape index (κ2) is 5.96. The minimum atomic E-state index is -4.01. The number of hydrogen-bond donors (Lipinski definition) is 2. The normalized spacial score (nSPS) is 12.1. The van der Waals surface area contributed by atoms with Crippen LogP contribution < -0.4 is 10.8 Å². The van der Waals surface area contributed by atoms with Crippen LogP contribution in [-0.4, -0.2) is 27.9 Å². The summed E-state index contributed by atoms with van der Waals surface area (Å²) in [5, 5.41) is 5.67. The molecule has 0 amide bonds. The number of aromatic nitrogens is 4. The molecule has 0 saturated heterocycles. The molecule has 8 nitrogen and oxygen atoms in total. The highest BCUT2D eigenvalue weighted by Crippen LogP contribution is 2.22. The first kappa shape index (κ1) is 17.3. The Morgan fingerprint density at radius 1 is 1.26 bits per heavy atom. The number of benzene rings is 1. The molecule has 3 aromatic heterocycles. The molecule has 0 aliphatic heterocycles. The summed E-state index contributed by atoms with van der Waals surface area (Å²) in [5.74, 6) is -0.768. The van der Waals surface area contributed by atoms with Gasteiger partial charge in [-0.3, -0.25) is 4.57 Å². The fourth-order valence-electron chi connectivity index (χ4n) is 2.98. The number of imidazole rings is 1. The van der Waals surface area contributed by atoms with Crippen LogP contribution in [0.4, 0.5) is 4.39 Å². The maximum atomic E-state index is 14.4. The SMILES string of the molecule is Cc1ccc2c(ncc3[nH]c(=O)n(Cc4ccc(S(N)(=O)=O)cc4F)c32)n1. The second-order valence-corrected chi connectivity index (χ2v) is 7.72. The monoisotopic (exact) mass is 387 g/mol. The molecule has 0 saturated carbocycles. The predicted octanol–water partition coefficient (Wildman–Crippen LogP) is 1.42. The summed E-state index contributed by atoms with van der Waals surface area (Å²) in [5.41, 5.74) is 2.01. The molecular weight excluding hydrogens is 373 g/mol. The van der Waals surface area contributed by atoms with E-state index in [1.807, 2.05) is 6.92 Å². The van der Waals surface area contributed by atoms with Gasteiger partial charge in [0, 0.05) is 16.6 Å². The minimum absolute atomic E-state index is 0.0947. The van der Waals surface area contributed by atoms with E-state index in [9.17, 15) is 17.6 Å². The van der Waals surface area contributed by atoms with Gasteiger partial charge in [-0.05, 0) is 31.2 Å². The molecule has 0 atom stereocenters. The van der Waals surface area contributed by atoms with Crippen molar-refractivity contribution < 1.29 is 12.8 Å². The van der Waals surface area contributed by atoms with Gasteiger partial charge < -0.3 is 4.98 Å². The van der Waals surface area contributed by atoms with Gasteiger partial charge in [-0.2, -0.15) is 0 Å². The smallest absolute Gasteiger partial charge is 0.304 e. The minimum Gasteiger partial charge on any atom is -0.304 e. The number of rotatable bonds is 3. The van der Waals surface area contributed by atoms with Crippen molar-refractivity contribution in [2.24, 2.45) is 5.14 Å². The van der Waals surface area contributed by atoms with E-state index in [4.69, 9.17) is 5.14 Å². The zero-order valence-electron chi connectivity index (χ0n) is 14.1. The Hall–Kier alpha value is -3.11. The lowest BCUT2D eigenvalue weighted by Gasteiger charge is -2.08. The number of halogens is 1.